The average Bonchev–Trinajstić information content (AvgIpc) is 2.69. The van der Waals surface area contributed by atoms with Gasteiger partial charge in [0, 0.05) is 12.1 Å². The van der Waals surface area contributed by atoms with Crippen molar-refractivity contribution in [2.75, 3.05) is 7.05 Å². The van der Waals surface area contributed by atoms with Crippen LogP contribution in [-0.4, -0.2) is 24.0 Å². The number of hydrogen-bond donors (Lipinski definition) is 1. The number of likely N-dealkylation sites (N-methyl/N-ethyl adjacent to an activating group) is 1. The molecule has 98 valence electrons. The molecule has 0 aliphatic rings. The molecule has 0 amide bonds. The van der Waals surface area contributed by atoms with Crippen molar-refractivity contribution in [2.45, 2.75) is 52.2 Å². The molecule has 0 saturated heterocycles. The standard InChI is InChI=1S/C14H26N2S/c1-10(2)8-11(3)16(5)14(12(4)15)13-6-7-17-9-13/h6-7,9-12,14H,8,15H2,1-5H3. The van der Waals surface area contributed by atoms with Crippen LogP contribution < -0.4 is 5.73 Å². The fraction of sp³-hybridized carbons (Fsp3) is 0.714. The number of hydrogen-bond acceptors (Lipinski definition) is 3. The van der Waals surface area contributed by atoms with Gasteiger partial charge in [-0.3, -0.25) is 4.90 Å². The Balaban J connectivity index is 2.78. The smallest absolute Gasteiger partial charge is 0.0504 e. The van der Waals surface area contributed by atoms with Gasteiger partial charge in [0.2, 0.25) is 0 Å². The number of nitrogens with two attached hydrogens (primary N) is 1. The molecule has 0 fully saturated rings. The van der Waals surface area contributed by atoms with Crippen LogP contribution in [-0.2, 0) is 0 Å². The van der Waals surface area contributed by atoms with E-state index in [0.29, 0.717) is 12.1 Å². The van der Waals surface area contributed by atoms with Crippen LogP contribution >= 0.6 is 11.3 Å². The summed E-state index contributed by atoms with van der Waals surface area (Å²) in [5.41, 5.74) is 7.51. The second-order valence-electron chi connectivity index (χ2n) is 5.50. The lowest BCUT2D eigenvalue weighted by atomic mass is 9.97. The summed E-state index contributed by atoms with van der Waals surface area (Å²) in [7, 11) is 2.19. The number of thiophene rings is 1. The molecule has 2 N–H and O–H groups in total. The van der Waals surface area contributed by atoms with E-state index in [1.807, 2.05) is 0 Å². The summed E-state index contributed by atoms with van der Waals surface area (Å²) >= 11 is 1.75. The average molecular weight is 254 g/mol. The third-order valence-electron chi connectivity index (χ3n) is 3.33. The normalized spacial score (nSPS) is 17.4. The summed E-state index contributed by atoms with van der Waals surface area (Å²) in [5, 5.41) is 4.35. The molecule has 0 radical (unpaired) electrons. The zero-order chi connectivity index (χ0) is 13.0. The van der Waals surface area contributed by atoms with Crippen molar-refractivity contribution in [3.63, 3.8) is 0 Å². The minimum atomic E-state index is 0.157. The summed E-state index contributed by atoms with van der Waals surface area (Å²) in [5.74, 6) is 0.726. The van der Waals surface area contributed by atoms with Crippen molar-refractivity contribution in [3.8, 4) is 0 Å². The van der Waals surface area contributed by atoms with Crippen LogP contribution in [0.4, 0.5) is 0 Å². The lowest BCUT2D eigenvalue weighted by molar-refractivity contribution is 0.148. The molecule has 0 aromatic carbocycles. The first-order chi connectivity index (χ1) is 7.93. The van der Waals surface area contributed by atoms with Crippen molar-refractivity contribution in [1.82, 2.24) is 4.90 Å². The van der Waals surface area contributed by atoms with Crippen molar-refractivity contribution < 1.29 is 0 Å². The summed E-state index contributed by atoms with van der Waals surface area (Å²) in [4.78, 5) is 2.42. The van der Waals surface area contributed by atoms with E-state index < -0.39 is 0 Å². The predicted molar refractivity (Wildman–Crippen MR) is 77.4 cm³/mol. The molecule has 3 unspecified atom stereocenters. The Hall–Kier alpha value is -0.380. The monoisotopic (exact) mass is 254 g/mol. The van der Waals surface area contributed by atoms with Gasteiger partial charge in [-0.2, -0.15) is 11.3 Å². The molecule has 1 heterocycles. The van der Waals surface area contributed by atoms with Crippen molar-refractivity contribution in [2.24, 2.45) is 11.7 Å². The first kappa shape index (κ1) is 14.7. The lowest BCUT2D eigenvalue weighted by Crippen LogP contribution is -2.42. The molecule has 3 atom stereocenters. The molecule has 1 aromatic rings. The molecule has 0 aliphatic heterocycles. The summed E-state index contributed by atoms with van der Waals surface area (Å²) < 4.78 is 0. The van der Waals surface area contributed by atoms with Crippen LogP contribution in [0, 0.1) is 5.92 Å². The van der Waals surface area contributed by atoms with Gasteiger partial charge >= 0.3 is 0 Å². The Kier molecular flexibility index (Phi) is 5.63. The molecule has 3 heteroatoms. The van der Waals surface area contributed by atoms with Gasteiger partial charge in [0.25, 0.3) is 0 Å². The summed E-state index contributed by atoms with van der Waals surface area (Å²) in [6.07, 6.45) is 1.21. The van der Waals surface area contributed by atoms with E-state index >= 15 is 0 Å². The zero-order valence-electron chi connectivity index (χ0n) is 11.7. The topological polar surface area (TPSA) is 29.3 Å². The molecule has 0 saturated carbocycles. The van der Waals surface area contributed by atoms with Crippen LogP contribution in [0.1, 0.15) is 45.7 Å². The van der Waals surface area contributed by atoms with Gasteiger partial charge in [-0.05, 0) is 55.6 Å². The molecule has 17 heavy (non-hydrogen) atoms. The minimum absolute atomic E-state index is 0.157. The van der Waals surface area contributed by atoms with E-state index in [1.54, 1.807) is 11.3 Å². The van der Waals surface area contributed by atoms with Crippen LogP contribution in [0.3, 0.4) is 0 Å². The predicted octanol–water partition coefficient (Wildman–Crippen LogP) is 3.50. The maximum Gasteiger partial charge on any atom is 0.0504 e. The summed E-state index contributed by atoms with van der Waals surface area (Å²) in [6.45, 7) is 8.94. The Morgan fingerprint density at radius 3 is 2.35 bits per heavy atom. The van der Waals surface area contributed by atoms with E-state index in [1.165, 1.54) is 12.0 Å². The lowest BCUT2D eigenvalue weighted by Gasteiger charge is -2.36. The Bertz CT molecular complexity index is 306. The van der Waals surface area contributed by atoms with Gasteiger partial charge in [-0.15, -0.1) is 0 Å². The van der Waals surface area contributed by atoms with Gasteiger partial charge in [0.15, 0.2) is 0 Å². The molecular formula is C14H26N2S. The van der Waals surface area contributed by atoms with Crippen LogP contribution in [0.2, 0.25) is 0 Å². The maximum absolute atomic E-state index is 6.16. The van der Waals surface area contributed by atoms with Crippen LogP contribution in [0.5, 0.6) is 0 Å². The fourth-order valence-electron chi connectivity index (χ4n) is 2.48. The highest BCUT2D eigenvalue weighted by molar-refractivity contribution is 7.07. The van der Waals surface area contributed by atoms with E-state index in [4.69, 9.17) is 5.73 Å². The van der Waals surface area contributed by atoms with Crippen molar-refractivity contribution in [1.29, 1.82) is 0 Å². The Labute approximate surface area is 110 Å². The Morgan fingerprint density at radius 1 is 1.29 bits per heavy atom. The van der Waals surface area contributed by atoms with Crippen LogP contribution in [0.15, 0.2) is 16.8 Å². The first-order valence-corrected chi connectivity index (χ1v) is 7.37. The second-order valence-corrected chi connectivity index (χ2v) is 6.28. The number of rotatable bonds is 6. The first-order valence-electron chi connectivity index (χ1n) is 6.43. The highest BCUT2D eigenvalue weighted by atomic mass is 32.1. The Morgan fingerprint density at radius 2 is 1.94 bits per heavy atom. The molecule has 2 nitrogen and oxygen atoms in total. The zero-order valence-corrected chi connectivity index (χ0v) is 12.5. The van der Waals surface area contributed by atoms with Crippen molar-refractivity contribution >= 4 is 11.3 Å². The highest BCUT2D eigenvalue weighted by Crippen LogP contribution is 2.27. The summed E-state index contributed by atoms with van der Waals surface area (Å²) in [6, 6.07) is 3.24. The molecule has 0 spiro atoms. The van der Waals surface area contributed by atoms with Crippen LogP contribution in [0.25, 0.3) is 0 Å². The van der Waals surface area contributed by atoms with Gasteiger partial charge in [-0.1, -0.05) is 13.8 Å². The van der Waals surface area contributed by atoms with E-state index in [0.717, 1.165) is 5.92 Å². The van der Waals surface area contributed by atoms with Gasteiger partial charge in [0.1, 0.15) is 0 Å². The molecule has 1 aromatic heterocycles. The van der Waals surface area contributed by atoms with Gasteiger partial charge in [-0.25, -0.2) is 0 Å². The number of nitrogens with zero attached hydrogens (tertiary/aromatic N) is 1. The largest absolute Gasteiger partial charge is 0.326 e. The quantitative estimate of drug-likeness (QED) is 0.842. The minimum Gasteiger partial charge on any atom is -0.326 e. The molecular weight excluding hydrogens is 228 g/mol. The van der Waals surface area contributed by atoms with Crippen molar-refractivity contribution in [3.05, 3.63) is 22.4 Å². The highest BCUT2D eigenvalue weighted by Gasteiger charge is 2.25. The maximum atomic E-state index is 6.16. The SMILES string of the molecule is CC(C)CC(C)N(C)C(c1ccsc1)C(C)N. The molecule has 1 rings (SSSR count). The third kappa shape index (κ3) is 4.09. The van der Waals surface area contributed by atoms with E-state index in [9.17, 15) is 0 Å². The molecule has 0 aliphatic carbocycles. The third-order valence-corrected chi connectivity index (χ3v) is 4.03. The van der Waals surface area contributed by atoms with Gasteiger partial charge < -0.3 is 5.73 Å². The van der Waals surface area contributed by atoms with E-state index in [2.05, 4.69) is 56.5 Å². The second kappa shape index (κ2) is 6.53. The fourth-order valence-corrected chi connectivity index (χ4v) is 3.16. The van der Waals surface area contributed by atoms with E-state index in [-0.39, 0.29) is 6.04 Å². The van der Waals surface area contributed by atoms with Gasteiger partial charge in [0.05, 0.1) is 6.04 Å². The molecule has 0 bridgehead atoms.